The number of aromatic hydroxyl groups is 2. The van der Waals surface area contributed by atoms with Gasteiger partial charge < -0.3 is 45.1 Å². The molecule has 0 spiro atoms. The van der Waals surface area contributed by atoms with Crippen LogP contribution in [0.3, 0.4) is 0 Å². The number of likely N-dealkylation sites (tertiary alicyclic amines) is 1. The van der Waals surface area contributed by atoms with Crippen molar-refractivity contribution in [3.8, 4) is 22.8 Å². The number of carboxylic acids is 2. The van der Waals surface area contributed by atoms with Crippen molar-refractivity contribution in [2.24, 2.45) is 0 Å². The number of rotatable bonds is 6. The van der Waals surface area contributed by atoms with Gasteiger partial charge in [-0.1, -0.05) is 23.2 Å². The summed E-state index contributed by atoms with van der Waals surface area (Å²) in [5, 5.41) is 63.0. The molecule has 2 unspecified atom stereocenters. The van der Waals surface area contributed by atoms with Gasteiger partial charge in [0.2, 0.25) is 0 Å². The highest BCUT2D eigenvalue weighted by atomic mass is 35.5. The van der Waals surface area contributed by atoms with Gasteiger partial charge >= 0.3 is 11.9 Å². The van der Waals surface area contributed by atoms with E-state index in [2.05, 4.69) is 0 Å². The molecule has 7 N–H and O–H groups in total. The second kappa shape index (κ2) is 12.4. The lowest BCUT2D eigenvalue weighted by Gasteiger charge is -2.24. The highest BCUT2D eigenvalue weighted by Crippen LogP contribution is 2.44. The molecule has 1 aromatic heterocycles. The maximum Gasteiger partial charge on any atom is 0.335 e. The molecule has 2 aromatic carbocycles. The predicted molar refractivity (Wildman–Crippen MR) is 139 cm³/mol. The molecule has 1 aliphatic heterocycles. The molecule has 0 radical (unpaired) electrons. The van der Waals surface area contributed by atoms with Gasteiger partial charge in [0, 0.05) is 35.2 Å². The van der Waals surface area contributed by atoms with Crippen LogP contribution in [0.4, 0.5) is 4.39 Å². The number of benzene rings is 2. The molecule has 3 aromatic rings. The van der Waals surface area contributed by atoms with Crippen LogP contribution in [-0.2, 0) is 9.59 Å². The molecular formula is C25H24Cl2FNO11. The lowest BCUT2D eigenvalue weighted by molar-refractivity contribution is -0.165. The van der Waals surface area contributed by atoms with Crippen LogP contribution in [0, 0.1) is 5.82 Å². The summed E-state index contributed by atoms with van der Waals surface area (Å²) in [4.78, 5) is 34.3. The number of phenols is 2. The second-order valence-corrected chi connectivity index (χ2v) is 9.76. The van der Waals surface area contributed by atoms with Gasteiger partial charge in [-0.3, -0.25) is 4.79 Å². The number of fused-ring (bicyclic) bond motifs is 1. The average molecular weight is 604 g/mol. The molecule has 1 fully saturated rings. The smallest absolute Gasteiger partial charge is 0.335 e. The van der Waals surface area contributed by atoms with Crippen LogP contribution in [-0.4, -0.2) is 91.0 Å². The highest BCUT2D eigenvalue weighted by Gasteiger charge is 2.37. The molecule has 1 aliphatic rings. The lowest BCUT2D eigenvalue weighted by Crippen LogP contribution is -2.39. The first kappa shape index (κ1) is 31.1. The summed E-state index contributed by atoms with van der Waals surface area (Å²) in [6, 6.07) is 4.13. The molecule has 0 bridgehead atoms. The Morgan fingerprint density at radius 2 is 1.65 bits per heavy atom. The normalized spacial score (nSPS) is 18.7. The molecule has 2 heterocycles. The fourth-order valence-electron chi connectivity index (χ4n) is 4.41. The van der Waals surface area contributed by atoms with Gasteiger partial charge in [0.15, 0.2) is 17.6 Å². The predicted octanol–water partition coefficient (Wildman–Crippen LogP) is 1.97. The van der Waals surface area contributed by atoms with E-state index in [4.69, 9.17) is 48.0 Å². The Morgan fingerprint density at radius 3 is 2.20 bits per heavy atom. The maximum absolute atomic E-state index is 14.0. The summed E-state index contributed by atoms with van der Waals surface area (Å²) in [6.45, 7) is 0.497. The number of carbonyl (C=O) groups is 2. The number of aliphatic hydroxyl groups is 3. The fraction of sp³-hybridized carbons (Fsp3) is 0.320. The number of hydrogen-bond donors (Lipinski definition) is 7. The number of phenolic OH excluding ortho intramolecular Hbond substituents is 2. The Bertz CT molecular complexity index is 1490. The van der Waals surface area contributed by atoms with Crippen LogP contribution < -0.4 is 5.43 Å². The third-order valence-corrected chi connectivity index (χ3v) is 7.06. The summed E-state index contributed by atoms with van der Waals surface area (Å²) < 4.78 is 20.0. The summed E-state index contributed by atoms with van der Waals surface area (Å²) in [5.74, 6) is -5.36. The van der Waals surface area contributed by atoms with E-state index in [0.717, 1.165) is 18.2 Å². The molecular weight excluding hydrogens is 580 g/mol. The summed E-state index contributed by atoms with van der Waals surface area (Å²) >= 11 is 11.9. The van der Waals surface area contributed by atoms with Crippen LogP contribution in [0.15, 0.2) is 33.5 Å². The standard InChI is InChI=1S/C21H18Cl2FNO5.C4H6O6/c1-25-3-2-9(14(25)8-26)19-15(27)6-16(28)20-17(29)7-18(30-21(19)20)10-4-13(24)12(23)5-11(10)22;5-1(3(7)8)2(6)4(9)10/h4-7,9,14,26-28H,2-3,8H2,1H3;1-2,5-6H,(H,7,8)(H,9,10)/t9-,14+;/m0./s1. The van der Waals surface area contributed by atoms with Gasteiger partial charge in [0.05, 0.1) is 16.7 Å². The Morgan fingerprint density at radius 1 is 1.05 bits per heavy atom. The van der Waals surface area contributed by atoms with Gasteiger partial charge in [-0.15, -0.1) is 0 Å². The molecule has 0 saturated carbocycles. The first-order chi connectivity index (χ1) is 18.7. The summed E-state index contributed by atoms with van der Waals surface area (Å²) in [5.41, 5.74) is -0.201. The van der Waals surface area contributed by atoms with Crippen LogP contribution >= 0.6 is 23.2 Å². The van der Waals surface area contributed by atoms with Gasteiger partial charge in [-0.2, -0.15) is 0 Å². The Labute approximate surface area is 234 Å². The molecule has 1 saturated heterocycles. The first-order valence-corrected chi connectivity index (χ1v) is 12.3. The molecule has 0 aliphatic carbocycles. The number of likely N-dealkylation sites (N-methyl/N-ethyl adjacent to an activating group) is 1. The number of carboxylic acid groups (broad SMARTS) is 2. The van der Waals surface area contributed by atoms with E-state index in [-0.39, 0.29) is 56.7 Å². The van der Waals surface area contributed by atoms with Crippen LogP contribution in [0.2, 0.25) is 10.0 Å². The number of hydrogen-bond acceptors (Lipinski definition) is 10. The SMILES string of the molecule is CN1CC[C@H](c2c(O)cc(O)c3c(=O)cc(-c4cc(F)c(Cl)cc4Cl)oc23)[C@H]1CO.O=C(O)C(O)C(O)C(=O)O. The molecule has 4 rings (SSSR count). The van der Waals surface area contributed by atoms with Crippen LogP contribution in [0.25, 0.3) is 22.3 Å². The van der Waals surface area contributed by atoms with E-state index in [1.165, 1.54) is 6.07 Å². The van der Waals surface area contributed by atoms with Gasteiger partial charge in [0.1, 0.15) is 34.0 Å². The van der Waals surface area contributed by atoms with E-state index < -0.39 is 41.1 Å². The number of aliphatic carboxylic acids is 2. The average Bonchev–Trinajstić information content (AvgIpc) is 3.24. The van der Waals surface area contributed by atoms with Crippen LogP contribution in [0.5, 0.6) is 11.5 Å². The summed E-state index contributed by atoms with van der Waals surface area (Å²) in [7, 11) is 1.85. The third-order valence-electron chi connectivity index (χ3n) is 6.46. The zero-order valence-corrected chi connectivity index (χ0v) is 22.1. The van der Waals surface area contributed by atoms with Gasteiger partial charge in [-0.05, 0) is 32.1 Å². The van der Waals surface area contributed by atoms with Crippen molar-refractivity contribution in [3.05, 3.63) is 55.9 Å². The largest absolute Gasteiger partial charge is 0.507 e. The minimum Gasteiger partial charge on any atom is -0.507 e. The molecule has 15 heteroatoms. The van der Waals surface area contributed by atoms with Gasteiger partial charge in [-0.25, -0.2) is 14.0 Å². The molecule has 12 nitrogen and oxygen atoms in total. The van der Waals surface area contributed by atoms with Crippen molar-refractivity contribution in [2.45, 2.75) is 30.6 Å². The van der Waals surface area contributed by atoms with Crippen molar-refractivity contribution in [1.82, 2.24) is 4.90 Å². The van der Waals surface area contributed by atoms with Crippen molar-refractivity contribution in [3.63, 3.8) is 0 Å². The Hall–Kier alpha value is -3.46. The minimum atomic E-state index is -2.27. The summed E-state index contributed by atoms with van der Waals surface area (Å²) in [6.07, 6.45) is -3.94. The van der Waals surface area contributed by atoms with E-state index in [0.29, 0.717) is 18.5 Å². The zero-order chi connectivity index (χ0) is 30.0. The Kier molecular flexibility index (Phi) is 9.61. The third kappa shape index (κ3) is 6.14. The van der Waals surface area contributed by atoms with Gasteiger partial charge in [0.25, 0.3) is 0 Å². The van der Waals surface area contributed by atoms with E-state index >= 15 is 0 Å². The van der Waals surface area contributed by atoms with E-state index in [1.807, 2.05) is 11.9 Å². The highest BCUT2D eigenvalue weighted by molar-refractivity contribution is 6.36. The maximum atomic E-state index is 14.0. The number of aliphatic hydroxyl groups excluding tert-OH is 3. The monoisotopic (exact) mass is 603 g/mol. The molecule has 216 valence electrons. The van der Waals surface area contributed by atoms with Crippen molar-refractivity contribution in [2.75, 3.05) is 20.2 Å². The molecule has 40 heavy (non-hydrogen) atoms. The van der Waals surface area contributed by atoms with Crippen molar-refractivity contribution >= 4 is 46.1 Å². The molecule has 0 amide bonds. The quantitative estimate of drug-likeness (QED) is 0.202. The lowest BCUT2D eigenvalue weighted by atomic mass is 9.89. The number of halogens is 3. The Balaban J connectivity index is 0.000000378. The van der Waals surface area contributed by atoms with Crippen molar-refractivity contribution in [1.29, 1.82) is 0 Å². The topological polar surface area (TPSA) is 209 Å². The molecule has 4 atom stereocenters. The zero-order valence-electron chi connectivity index (χ0n) is 20.6. The second-order valence-electron chi connectivity index (χ2n) is 8.95. The van der Waals surface area contributed by atoms with E-state index in [1.54, 1.807) is 0 Å². The van der Waals surface area contributed by atoms with E-state index in [9.17, 15) is 34.1 Å². The van der Waals surface area contributed by atoms with Crippen molar-refractivity contribution < 1.29 is 54.1 Å². The minimum absolute atomic E-state index is 0.0276. The first-order valence-electron chi connectivity index (χ1n) is 11.5. The van der Waals surface area contributed by atoms with Crippen LogP contribution in [0.1, 0.15) is 17.9 Å². The fourth-order valence-corrected chi connectivity index (χ4v) is 4.88. The number of nitrogens with zero attached hydrogens (tertiary/aromatic N) is 1.